The van der Waals surface area contributed by atoms with Gasteiger partial charge in [-0.2, -0.15) is 5.26 Å². The number of amides is 1. The highest BCUT2D eigenvalue weighted by molar-refractivity contribution is 6.30. The minimum Gasteiger partial charge on any atom is -0.384 e. The van der Waals surface area contributed by atoms with Crippen LogP contribution in [0.1, 0.15) is 11.1 Å². The van der Waals surface area contributed by atoms with Crippen LogP contribution in [0.3, 0.4) is 0 Å². The predicted octanol–water partition coefficient (Wildman–Crippen LogP) is 3.88. The highest BCUT2D eigenvalue weighted by atomic mass is 35.5. The lowest BCUT2D eigenvalue weighted by atomic mass is 10.0. The minimum absolute atomic E-state index is 0.0210. The van der Waals surface area contributed by atoms with Crippen molar-refractivity contribution in [2.75, 3.05) is 64.1 Å². The number of ether oxygens (including phenoxy) is 1. The number of nitriles is 1. The lowest BCUT2D eigenvalue weighted by Crippen LogP contribution is -2.39. The van der Waals surface area contributed by atoms with Crippen LogP contribution in [0.5, 0.6) is 0 Å². The number of benzene rings is 2. The fourth-order valence-electron chi connectivity index (χ4n) is 4.05. The fraction of sp³-hybridized carbons (Fsp3) is 0.346. The van der Waals surface area contributed by atoms with Gasteiger partial charge in [-0.25, -0.2) is 0 Å². The van der Waals surface area contributed by atoms with E-state index < -0.39 is 0 Å². The molecule has 4 rings (SSSR count). The van der Waals surface area contributed by atoms with Gasteiger partial charge in [0.2, 0.25) is 5.91 Å². The first-order valence-electron chi connectivity index (χ1n) is 11.6. The summed E-state index contributed by atoms with van der Waals surface area (Å²) in [6.07, 6.45) is 1.75. The van der Waals surface area contributed by atoms with E-state index in [0.29, 0.717) is 21.8 Å². The number of carbonyl (C=O) groups excluding carboxylic acids is 1. The zero-order chi connectivity index (χ0) is 24.8. The van der Waals surface area contributed by atoms with Gasteiger partial charge in [-0.05, 0) is 35.9 Å². The Kier molecular flexibility index (Phi) is 8.03. The number of aromatic nitrogens is 1. The fourth-order valence-corrected chi connectivity index (χ4v) is 4.24. The van der Waals surface area contributed by atoms with Gasteiger partial charge >= 0.3 is 0 Å². The molecule has 0 bridgehead atoms. The Labute approximate surface area is 210 Å². The second-order valence-corrected chi connectivity index (χ2v) is 9.11. The number of hydrogen-bond acceptors (Lipinski definition) is 7. The van der Waals surface area contributed by atoms with Crippen molar-refractivity contribution < 1.29 is 9.53 Å². The third kappa shape index (κ3) is 6.20. The Morgan fingerprint density at radius 3 is 2.74 bits per heavy atom. The van der Waals surface area contributed by atoms with E-state index in [1.807, 2.05) is 24.3 Å². The van der Waals surface area contributed by atoms with Crippen molar-refractivity contribution in [1.29, 1.82) is 5.26 Å². The van der Waals surface area contributed by atoms with E-state index in [9.17, 15) is 10.1 Å². The van der Waals surface area contributed by atoms with Crippen LogP contribution in [0.15, 0.2) is 42.6 Å². The maximum absolute atomic E-state index is 12.6. The first-order chi connectivity index (χ1) is 16.9. The molecule has 8 nitrogen and oxygen atoms in total. The van der Waals surface area contributed by atoms with Crippen LogP contribution in [0.2, 0.25) is 5.02 Å². The predicted molar refractivity (Wildman–Crippen MR) is 139 cm³/mol. The third-order valence-electron chi connectivity index (χ3n) is 5.97. The van der Waals surface area contributed by atoms with Crippen molar-refractivity contribution in [3.05, 3.63) is 58.7 Å². The number of fused-ring (bicyclic) bond motifs is 1. The van der Waals surface area contributed by atoms with Gasteiger partial charge in [0.25, 0.3) is 0 Å². The van der Waals surface area contributed by atoms with E-state index in [4.69, 9.17) is 16.3 Å². The molecule has 0 atom stereocenters. The summed E-state index contributed by atoms with van der Waals surface area (Å²) >= 11 is 6.18. The zero-order valence-electron chi connectivity index (χ0n) is 20.0. The van der Waals surface area contributed by atoms with Crippen molar-refractivity contribution in [1.82, 2.24) is 14.8 Å². The van der Waals surface area contributed by atoms with Gasteiger partial charge in [0.05, 0.1) is 36.4 Å². The standard InChI is InChI=1S/C26H29ClN6O2/c1-32(2)24(34)13-18-12-22(29-6-7-33-8-10-35-11-9-33)15-23-25(18)30-17-19(16-28)26(23)31-21-5-3-4-20(27)14-21/h3-5,12,14-15,17,29H,6-11,13H2,1-2H3,(H,30,31). The van der Waals surface area contributed by atoms with E-state index in [1.54, 1.807) is 37.3 Å². The molecule has 2 aromatic carbocycles. The summed E-state index contributed by atoms with van der Waals surface area (Å²) < 4.78 is 5.43. The maximum Gasteiger partial charge on any atom is 0.226 e. The molecule has 182 valence electrons. The van der Waals surface area contributed by atoms with Crippen molar-refractivity contribution in [2.24, 2.45) is 0 Å². The summed E-state index contributed by atoms with van der Waals surface area (Å²) in [5, 5.41) is 18.0. The Hall–Kier alpha value is -3.38. The normalized spacial score (nSPS) is 13.9. The van der Waals surface area contributed by atoms with E-state index in [2.05, 4.69) is 26.6 Å². The van der Waals surface area contributed by atoms with Gasteiger partial charge < -0.3 is 20.3 Å². The molecule has 1 aliphatic heterocycles. The molecule has 0 unspecified atom stereocenters. The van der Waals surface area contributed by atoms with E-state index in [1.165, 1.54) is 0 Å². The molecule has 1 aromatic heterocycles. The number of morpholine rings is 1. The Morgan fingerprint density at radius 1 is 1.23 bits per heavy atom. The van der Waals surface area contributed by atoms with Crippen LogP contribution in [-0.2, 0) is 16.0 Å². The second kappa shape index (κ2) is 11.4. The number of rotatable bonds is 8. The van der Waals surface area contributed by atoms with Crippen LogP contribution in [0.25, 0.3) is 10.9 Å². The quantitative estimate of drug-likeness (QED) is 0.493. The molecule has 1 fully saturated rings. The summed E-state index contributed by atoms with van der Waals surface area (Å²) in [4.78, 5) is 21.1. The highest BCUT2D eigenvalue weighted by Gasteiger charge is 2.17. The van der Waals surface area contributed by atoms with Crippen LogP contribution in [0.4, 0.5) is 17.1 Å². The van der Waals surface area contributed by atoms with Gasteiger partial charge in [0, 0.05) is 68.3 Å². The van der Waals surface area contributed by atoms with Gasteiger partial charge in [0.1, 0.15) is 6.07 Å². The van der Waals surface area contributed by atoms with E-state index >= 15 is 0 Å². The number of pyridine rings is 1. The number of nitrogens with zero attached hydrogens (tertiary/aromatic N) is 4. The molecule has 1 aliphatic rings. The van der Waals surface area contributed by atoms with Gasteiger partial charge in [0.15, 0.2) is 0 Å². The van der Waals surface area contributed by atoms with Gasteiger partial charge in [-0.15, -0.1) is 0 Å². The van der Waals surface area contributed by atoms with Crippen molar-refractivity contribution in [3.8, 4) is 6.07 Å². The molecule has 1 amide bonds. The number of anilines is 3. The molecule has 2 N–H and O–H groups in total. The Balaban J connectivity index is 1.72. The maximum atomic E-state index is 12.6. The van der Waals surface area contributed by atoms with Crippen LogP contribution < -0.4 is 10.6 Å². The van der Waals surface area contributed by atoms with Gasteiger partial charge in [-0.3, -0.25) is 14.7 Å². The molecular weight excluding hydrogens is 464 g/mol. The topological polar surface area (TPSA) is 93.5 Å². The summed E-state index contributed by atoms with van der Waals surface area (Å²) in [5.74, 6) is -0.0210. The number of nitrogens with one attached hydrogen (secondary N) is 2. The van der Waals surface area contributed by atoms with Crippen molar-refractivity contribution in [2.45, 2.75) is 6.42 Å². The minimum atomic E-state index is -0.0210. The van der Waals surface area contributed by atoms with Gasteiger partial charge in [-0.1, -0.05) is 17.7 Å². The van der Waals surface area contributed by atoms with E-state index in [-0.39, 0.29) is 12.3 Å². The van der Waals surface area contributed by atoms with Crippen LogP contribution in [0, 0.1) is 11.3 Å². The van der Waals surface area contributed by atoms with Crippen LogP contribution >= 0.6 is 11.6 Å². The monoisotopic (exact) mass is 492 g/mol. The molecule has 1 saturated heterocycles. The number of halogens is 1. The molecule has 0 saturated carbocycles. The summed E-state index contributed by atoms with van der Waals surface area (Å²) in [6, 6.07) is 13.5. The summed E-state index contributed by atoms with van der Waals surface area (Å²) in [7, 11) is 3.48. The molecule has 0 spiro atoms. The molecule has 35 heavy (non-hydrogen) atoms. The molecule has 3 aromatic rings. The average Bonchev–Trinajstić information content (AvgIpc) is 2.85. The molecule has 0 radical (unpaired) electrons. The SMILES string of the molecule is CN(C)C(=O)Cc1cc(NCCN2CCOCC2)cc2c(Nc3cccc(Cl)c3)c(C#N)cnc12. The largest absolute Gasteiger partial charge is 0.384 e. The summed E-state index contributed by atoms with van der Waals surface area (Å²) in [6.45, 7) is 4.99. The van der Waals surface area contributed by atoms with Crippen molar-refractivity contribution in [3.63, 3.8) is 0 Å². The third-order valence-corrected chi connectivity index (χ3v) is 6.20. The molecule has 9 heteroatoms. The number of hydrogen-bond donors (Lipinski definition) is 2. The highest BCUT2D eigenvalue weighted by Crippen LogP contribution is 2.34. The van der Waals surface area contributed by atoms with Crippen molar-refractivity contribution >= 4 is 45.5 Å². The lowest BCUT2D eigenvalue weighted by molar-refractivity contribution is -0.127. The average molecular weight is 493 g/mol. The zero-order valence-corrected chi connectivity index (χ0v) is 20.7. The molecule has 0 aliphatic carbocycles. The summed E-state index contributed by atoms with van der Waals surface area (Å²) in [5.41, 5.74) is 4.16. The lowest BCUT2D eigenvalue weighted by Gasteiger charge is -2.26. The molecular formula is C26H29ClN6O2. The smallest absolute Gasteiger partial charge is 0.226 e. The second-order valence-electron chi connectivity index (χ2n) is 8.67. The first kappa shape index (κ1) is 24.7. The molecule has 2 heterocycles. The first-order valence-corrected chi connectivity index (χ1v) is 11.9. The number of likely N-dealkylation sites (N-methyl/N-ethyl adjacent to an activating group) is 1. The number of carbonyl (C=O) groups is 1. The van der Waals surface area contributed by atoms with Crippen LogP contribution in [-0.4, -0.2) is 74.2 Å². The Morgan fingerprint density at radius 2 is 2.03 bits per heavy atom. The Bertz CT molecular complexity index is 1250. The van der Waals surface area contributed by atoms with E-state index in [0.717, 1.165) is 61.7 Å².